The van der Waals surface area contributed by atoms with Gasteiger partial charge in [0.1, 0.15) is 17.9 Å². The zero-order valence-corrected chi connectivity index (χ0v) is 35.8. The molecule has 3 saturated heterocycles. The average molecular weight is 864 g/mol. The molecule has 0 radical (unpaired) electrons. The van der Waals surface area contributed by atoms with Crippen LogP contribution in [0.2, 0.25) is 0 Å². The van der Waals surface area contributed by atoms with E-state index in [0.717, 1.165) is 104 Å². The highest BCUT2D eigenvalue weighted by molar-refractivity contribution is 5.99. The van der Waals surface area contributed by atoms with Crippen LogP contribution in [0.25, 0.3) is 22.1 Å². The molecule has 3 aromatic heterocycles. The highest BCUT2D eigenvalue weighted by Crippen LogP contribution is 2.36. The van der Waals surface area contributed by atoms with E-state index in [4.69, 9.17) is 4.98 Å². The van der Waals surface area contributed by atoms with Crippen LogP contribution >= 0.6 is 0 Å². The number of nitrogens with zero attached hydrogens (tertiary/aromatic N) is 10. The van der Waals surface area contributed by atoms with E-state index in [1.54, 1.807) is 6.33 Å². The third kappa shape index (κ3) is 8.89. The first-order chi connectivity index (χ1) is 31.3. The molecule has 3 aliphatic heterocycles. The lowest BCUT2D eigenvalue weighted by atomic mass is 9.86. The lowest BCUT2D eigenvalue weighted by Gasteiger charge is -2.37. The molecule has 64 heavy (non-hydrogen) atoms. The number of carbonyl (C=O) groups is 3. The van der Waals surface area contributed by atoms with Gasteiger partial charge in [-0.05, 0) is 105 Å². The maximum atomic E-state index is 13.4. The molecule has 1 atom stereocenters. The van der Waals surface area contributed by atoms with Crippen molar-refractivity contribution in [3.05, 3.63) is 101 Å². The number of anilines is 4. The number of piperidine rings is 2. The number of imidazole rings is 1. The average Bonchev–Trinajstić information content (AvgIpc) is 3.73. The van der Waals surface area contributed by atoms with Gasteiger partial charge in [-0.15, -0.1) is 5.10 Å². The second-order valence-electron chi connectivity index (χ2n) is 17.7. The number of hydrogen-bond acceptors (Lipinski definition) is 13. The molecule has 1 unspecified atom stereocenters. The normalized spacial score (nSPS) is 20.9. The minimum atomic E-state index is -0.836. The van der Waals surface area contributed by atoms with Crippen LogP contribution in [-0.4, -0.2) is 109 Å². The van der Waals surface area contributed by atoms with Gasteiger partial charge in [0.25, 0.3) is 11.5 Å². The van der Waals surface area contributed by atoms with Gasteiger partial charge in [-0.1, -0.05) is 35.5 Å². The molecule has 0 spiro atoms. The monoisotopic (exact) mass is 863 g/mol. The summed E-state index contributed by atoms with van der Waals surface area (Å²) >= 11 is 0. The Labute approximate surface area is 370 Å². The number of hydrogen-bond donors (Lipinski definition) is 3. The maximum Gasteiger partial charge on any atom is 0.278 e. The summed E-state index contributed by atoms with van der Waals surface area (Å²) in [6.45, 7) is 7.03. The zero-order valence-electron chi connectivity index (χ0n) is 35.8. The minimum Gasteiger partial charge on any atom is -0.371 e. The zero-order chi connectivity index (χ0) is 43.6. The van der Waals surface area contributed by atoms with Crippen molar-refractivity contribution >= 4 is 62.7 Å². The van der Waals surface area contributed by atoms with Gasteiger partial charge in [0, 0.05) is 74.8 Å². The van der Waals surface area contributed by atoms with E-state index in [1.165, 1.54) is 18.5 Å². The van der Waals surface area contributed by atoms with Crippen molar-refractivity contribution in [1.29, 1.82) is 0 Å². The van der Waals surface area contributed by atoms with Gasteiger partial charge in [-0.2, -0.15) is 4.68 Å². The van der Waals surface area contributed by atoms with Crippen molar-refractivity contribution in [1.82, 2.24) is 50.0 Å². The SMILES string of the molecule is O=C1CCC(n2nnc3ccc(N4CCC(CCCN5CCN(c6ccc(Nc7ncnc8c7ncn8C7CC(NC(=O)Cc8ccccc8)C7)cc6)CC5)CC4)cc3c2=O)C(=O)N1. The van der Waals surface area contributed by atoms with Crippen molar-refractivity contribution in [2.24, 2.45) is 5.92 Å². The van der Waals surface area contributed by atoms with E-state index < -0.39 is 11.9 Å². The molecule has 6 aromatic rings. The standard InChI is InChI=1S/C47H53N13O4/c61-41-15-14-40(46(63)53-41)60-47(64)38-28-36(12-13-39(38)54-55-60)57-19-16-31(17-20-57)7-4-18-56-21-23-58(24-22-56)35-10-8-33(9-11-35)52-44-43-45(49-29-48-44)59(30-50-43)37-26-34(27-37)51-42(62)25-32-5-2-1-3-6-32/h1-3,5-6,8-13,28-31,34,37,40H,4,7,14-27H2,(H,51,62)(H,48,49,52)(H,53,61,63). The molecule has 17 nitrogen and oxygen atoms in total. The molecular formula is C47H53N13O4. The first-order valence-corrected chi connectivity index (χ1v) is 22.6. The van der Waals surface area contributed by atoms with Crippen molar-refractivity contribution in [2.75, 3.05) is 60.9 Å². The lowest BCUT2D eigenvalue weighted by molar-refractivity contribution is -0.136. The molecule has 4 aliphatic rings. The van der Waals surface area contributed by atoms with Gasteiger partial charge in [0.15, 0.2) is 17.0 Å². The summed E-state index contributed by atoms with van der Waals surface area (Å²) < 4.78 is 3.23. The number of piperazine rings is 1. The van der Waals surface area contributed by atoms with Crippen LogP contribution in [0, 0.1) is 5.92 Å². The third-order valence-corrected chi connectivity index (χ3v) is 13.5. The highest BCUT2D eigenvalue weighted by Gasteiger charge is 2.34. The van der Waals surface area contributed by atoms with Crippen molar-refractivity contribution in [3.63, 3.8) is 0 Å². The van der Waals surface area contributed by atoms with Gasteiger partial charge in [-0.3, -0.25) is 29.4 Å². The second kappa shape index (κ2) is 18.2. The molecule has 3 amide bonds. The minimum absolute atomic E-state index is 0.0509. The summed E-state index contributed by atoms with van der Waals surface area (Å²) in [5, 5.41) is 17.6. The molecule has 17 heteroatoms. The number of amides is 3. The summed E-state index contributed by atoms with van der Waals surface area (Å²) in [5.74, 6) is 0.549. The Morgan fingerprint density at radius 1 is 0.812 bits per heavy atom. The predicted octanol–water partition coefficient (Wildman–Crippen LogP) is 4.53. The fraction of sp³-hybridized carbons (Fsp3) is 0.426. The summed E-state index contributed by atoms with van der Waals surface area (Å²) in [4.78, 5) is 71.2. The molecule has 330 valence electrons. The number of fused-ring (bicyclic) bond motifs is 2. The predicted molar refractivity (Wildman–Crippen MR) is 243 cm³/mol. The van der Waals surface area contributed by atoms with E-state index in [9.17, 15) is 19.2 Å². The van der Waals surface area contributed by atoms with Crippen molar-refractivity contribution in [3.8, 4) is 0 Å². The van der Waals surface area contributed by atoms with Crippen LogP contribution in [-0.2, 0) is 20.8 Å². The Kier molecular flexibility index (Phi) is 11.7. The Morgan fingerprint density at radius 3 is 2.36 bits per heavy atom. The molecule has 4 fully saturated rings. The van der Waals surface area contributed by atoms with Crippen LogP contribution in [0.4, 0.5) is 22.9 Å². The number of carbonyl (C=O) groups excluding carboxylic acids is 3. The first-order valence-electron chi connectivity index (χ1n) is 22.6. The summed E-state index contributed by atoms with van der Waals surface area (Å²) in [7, 11) is 0. The number of rotatable bonds is 13. The molecular weight excluding hydrogens is 811 g/mol. The van der Waals surface area contributed by atoms with Gasteiger partial charge in [0.2, 0.25) is 11.8 Å². The maximum absolute atomic E-state index is 13.4. The molecule has 0 bridgehead atoms. The smallest absolute Gasteiger partial charge is 0.278 e. The molecule has 3 aromatic carbocycles. The molecule has 1 saturated carbocycles. The topological polar surface area (TPSA) is 188 Å². The van der Waals surface area contributed by atoms with Crippen LogP contribution in [0.15, 0.2) is 90.2 Å². The molecule has 3 N–H and O–H groups in total. The Balaban J connectivity index is 0.652. The number of aromatic nitrogens is 7. The van der Waals surface area contributed by atoms with E-state index >= 15 is 0 Å². The first kappa shape index (κ1) is 41.3. The van der Waals surface area contributed by atoms with Gasteiger partial charge < -0.3 is 25.0 Å². The fourth-order valence-electron chi connectivity index (χ4n) is 9.77. The molecule has 6 heterocycles. The lowest BCUT2D eigenvalue weighted by Crippen LogP contribution is -2.46. The summed E-state index contributed by atoms with van der Waals surface area (Å²) in [5.41, 5.74) is 5.79. The largest absolute Gasteiger partial charge is 0.371 e. The Bertz CT molecular complexity index is 2700. The van der Waals surface area contributed by atoms with Crippen LogP contribution in [0.1, 0.15) is 69.0 Å². The number of benzene rings is 3. The summed E-state index contributed by atoms with van der Waals surface area (Å²) in [6, 6.07) is 23.6. The number of imide groups is 1. The van der Waals surface area contributed by atoms with Crippen molar-refractivity contribution in [2.45, 2.75) is 75.9 Å². The quantitative estimate of drug-likeness (QED) is 0.138. The highest BCUT2D eigenvalue weighted by atomic mass is 16.2. The van der Waals surface area contributed by atoms with Gasteiger partial charge in [0.05, 0.1) is 18.1 Å². The Morgan fingerprint density at radius 2 is 1.58 bits per heavy atom. The van der Waals surface area contributed by atoms with E-state index in [1.807, 2.05) is 54.9 Å². The number of nitrogens with one attached hydrogen (secondary N) is 3. The van der Waals surface area contributed by atoms with Gasteiger partial charge in [-0.25, -0.2) is 15.0 Å². The second-order valence-corrected chi connectivity index (χ2v) is 17.7. The van der Waals surface area contributed by atoms with E-state index in [0.29, 0.717) is 29.1 Å². The van der Waals surface area contributed by atoms with Crippen LogP contribution in [0.3, 0.4) is 0 Å². The summed E-state index contributed by atoms with van der Waals surface area (Å²) in [6.07, 6.45) is 10.5. The van der Waals surface area contributed by atoms with Crippen LogP contribution < -0.4 is 31.3 Å². The third-order valence-electron chi connectivity index (χ3n) is 13.5. The molecule has 10 rings (SSSR count). The van der Waals surface area contributed by atoms with Gasteiger partial charge >= 0.3 is 0 Å². The van der Waals surface area contributed by atoms with E-state index in [2.05, 4.69) is 79.8 Å². The van der Waals surface area contributed by atoms with E-state index in [-0.39, 0.29) is 42.3 Å². The fourth-order valence-corrected chi connectivity index (χ4v) is 9.77. The Hall–Kier alpha value is -6.75. The van der Waals surface area contributed by atoms with Crippen LogP contribution in [0.5, 0.6) is 0 Å². The molecule has 1 aliphatic carbocycles. The van der Waals surface area contributed by atoms with Crippen molar-refractivity contribution < 1.29 is 14.4 Å².